The fraction of sp³-hybridized carbons (Fsp3) is 0.741. The molecular weight excluding hydrogens is 426 g/mol. The first-order valence-corrected chi connectivity index (χ1v) is 13.3. The smallest absolute Gasteiger partial charge is 0.242 e. The van der Waals surface area contributed by atoms with Gasteiger partial charge in [0.15, 0.2) is 0 Å². The Morgan fingerprint density at radius 1 is 1.06 bits per heavy atom. The normalized spacial score (nSPS) is 23.6. The number of nitrogens with two attached hydrogens (primary N) is 1. The van der Waals surface area contributed by atoms with Crippen LogP contribution >= 0.6 is 0 Å². The topological polar surface area (TPSA) is 100 Å². The van der Waals surface area contributed by atoms with Gasteiger partial charge in [0.2, 0.25) is 11.8 Å². The summed E-state index contributed by atoms with van der Waals surface area (Å²) in [5.74, 6) is 2.26. The Morgan fingerprint density at radius 3 is 2.44 bits per heavy atom. The average molecular weight is 472 g/mol. The van der Waals surface area contributed by atoms with Crippen molar-refractivity contribution in [3.05, 3.63) is 23.9 Å². The van der Waals surface area contributed by atoms with Gasteiger partial charge >= 0.3 is 0 Å². The van der Waals surface area contributed by atoms with Crippen LogP contribution in [0.15, 0.2) is 18.3 Å². The van der Waals surface area contributed by atoms with Gasteiger partial charge in [0.05, 0.1) is 6.54 Å². The number of aromatic nitrogens is 1. The molecule has 2 fully saturated rings. The molecule has 0 aliphatic heterocycles. The van der Waals surface area contributed by atoms with Crippen molar-refractivity contribution in [2.75, 3.05) is 12.3 Å². The highest BCUT2D eigenvalue weighted by Crippen LogP contribution is 2.45. The molecule has 1 heterocycles. The maximum absolute atomic E-state index is 13.3. The molecule has 2 amide bonds. The highest BCUT2D eigenvalue weighted by Gasteiger charge is 2.37. The molecule has 0 aromatic carbocycles. The summed E-state index contributed by atoms with van der Waals surface area (Å²) in [7, 11) is 0. The van der Waals surface area contributed by atoms with Gasteiger partial charge in [0.1, 0.15) is 11.9 Å². The number of fused-ring (bicyclic) bond motifs is 1. The van der Waals surface area contributed by atoms with E-state index in [4.69, 9.17) is 5.73 Å². The average Bonchev–Trinajstić information content (AvgIpc) is 2.81. The lowest BCUT2D eigenvalue weighted by Crippen LogP contribution is -2.52. The summed E-state index contributed by atoms with van der Waals surface area (Å²) in [6, 6.07) is 3.61. The number of hydrogen-bond acceptors (Lipinski definition) is 5. The van der Waals surface area contributed by atoms with Crippen molar-refractivity contribution in [3.8, 4) is 0 Å². The van der Waals surface area contributed by atoms with Crippen LogP contribution in [0, 0.1) is 17.8 Å². The van der Waals surface area contributed by atoms with Gasteiger partial charge in [-0.1, -0.05) is 44.6 Å². The molecule has 2 saturated carbocycles. The molecule has 3 rings (SSSR count). The Labute approximate surface area is 205 Å². The van der Waals surface area contributed by atoms with Gasteiger partial charge in [-0.2, -0.15) is 0 Å². The maximum Gasteiger partial charge on any atom is 0.242 e. The van der Waals surface area contributed by atoms with E-state index in [-0.39, 0.29) is 23.9 Å². The summed E-state index contributed by atoms with van der Waals surface area (Å²) in [5.41, 5.74) is 6.57. The summed E-state index contributed by atoms with van der Waals surface area (Å²) in [4.78, 5) is 32.6. The fourth-order valence-electron chi connectivity index (χ4n) is 6.12. The molecule has 7 heteroatoms. The van der Waals surface area contributed by atoms with Gasteiger partial charge < -0.3 is 16.4 Å². The summed E-state index contributed by atoms with van der Waals surface area (Å²) in [6.07, 6.45) is 11.4. The van der Waals surface area contributed by atoms with Crippen molar-refractivity contribution >= 4 is 17.6 Å². The second-order valence-corrected chi connectivity index (χ2v) is 10.9. The van der Waals surface area contributed by atoms with E-state index in [0.29, 0.717) is 30.7 Å². The Morgan fingerprint density at radius 2 is 1.76 bits per heavy atom. The van der Waals surface area contributed by atoms with Gasteiger partial charge in [-0.3, -0.25) is 14.5 Å². The molecule has 34 heavy (non-hydrogen) atoms. The van der Waals surface area contributed by atoms with E-state index < -0.39 is 6.04 Å². The molecule has 3 unspecified atom stereocenters. The standard InChI is InChI=1S/C27H45N5O2/c1-18(2)32(19(3)4)17-26(33)31-24(27(34)30-16-20-12-13-25(28)29-15-20)14-22-10-7-9-21-8-5-6-11-23(21)22/h12-13,15,18-19,21-24H,5-11,14,16-17H2,1-4H3,(H2,28,29)(H,30,34)(H,31,33)/t21?,22?,23?,24-/m0/s1. The number of nitrogens with zero attached hydrogens (tertiary/aromatic N) is 2. The van der Waals surface area contributed by atoms with Gasteiger partial charge in [0, 0.05) is 24.8 Å². The molecule has 0 radical (unpaired) electrons. The van der Waals surface area contributed by atoms with Crippen LogP contribution in [0.1, 0.15) is 84.6 Å². The molecule has 190 valence electrons. The molecule has 7 nitrogen and oxygen atoms in total. The monoisotopic (exact) mass is 471 g/mol. The number of hydrogen-bond donors (Lipinski definition) is 3. The van der Waals surface area contributed by atoms with E-state index in [9.17, 15) is 9.59 Å². The second-order valence-electron chi connectivity index (χ2n) is 10.9. The number of rotatable bonds is 10. The zero-order valence-corrected chi connectivity index (χ0v) is 21.6. The summed E-state index contributed by atoms with van der Waals surface area (Å²) >= 11 is 0. The number of nitrogens with one attached hydrogen (secondary N) is 2. The van der Waals surface area contributed by atoms with E-state index >= 15 is 0 Å². The van der Waals surface area contributed by atoms with Crippen LogP contribution in [-0.2, 0) is 16.1 Å². The van der Waals surface area contributed by atoms with E-state index in [1.807, 2.05) is 6.07 Å². The first-order valence-electron chi connectivity index (χ1n) is 13.3. The maximum atomic E-state index is 13.3. The number of anilines is 1. The Kier molecular flexibility index (Phi) is 9.74. The lowest BCUT2D eigenvalue weighted by atomic mass is 9.64. The fourth-order valence-corrected chi connectivity index (χ4v) is 6.12. The molecule has 0 spiro atoms. The third kappa shape index (κ3) is 7.42. The van der Waals surface area contributed by atoms with E-state index in [1.165, 1.54) is 38.5 Å². The highest BCUT2D eigenvalue weighted by atomic mass is 16.2. The molecule has 0 saturated heterocycles. The molecule has 0 bridgehead atoms. The number of pyridine rings is 1. The van der Waals surface area contributed by atoms with Crippen molar-refractivity contribution in [1.29, 1.82) is 0 Å². The number of amides is 2. The minimum atomic E-state index is -0.513. The third-order valence-corrected chi connectivity index (χ3v) is 7.88. The lowest BCUT2D eigenvalue weighted by Gasteiger charge is -2.42. The third-order valence-electron chi connectivity index (χ3n) is 7.88. The van der Waals surface area contributed by atoms with Crippen LogP contribution in [0.2, 0.25) is 0 Å². The van der Waals surface area contributed by atoms with Crippen LogP contribution in [-0.4, -0.2) is 46.4 Å². The van der Waals surface area contributed by atoms with Crippen molar-refractivity contribution in [2.24, 2.45) is 17.8 Å². The van der Waals surface area contributed by atoms with Crippen molar-refractivity contribution in [2.45, 2.75) is 104 Å². The second kappa shape index (κ2) is 12.5. The number of carbonyl (C=O) groups excluding carboxylic acids is 2. The van der Waals surface area contributed by atoms with E-state index in [1.54, 1.807) is 12.3 Å². The predicted octanol–water partition coefficient (Wildman–Crippen LogP) is 3.88. The SMILES string of the molecule is CC(C)N(CC(=O)N[C@@H](CC1CCCC2CCCCC21)C(=O)NCc1ccc(N)nc1)C(C)C. The Hall–Kier alpha value is -2.15. The summed E-state index contributed by atoms with van der Waals surface area (Å²) in [6.45, 7) is 9.08. The first-order chi connectivity index (χ1) is 16.2. The molecule has 2 aliphatic rings. The van der Waals surface area contributed by atoms with Gasteiger partial charge in [-0.15, -0.1) is 0 Å². The van der Waals surface area contributed by atoms with Crippen LogP contribution < -0.4 is 16.4 Å². The lowest BCUT2D eigenvalue weighted by molar-refractivity contribution is -0.130. The van der Waals surface area contributed by atoms with Crippen LogP contribution in [0.4, 0.5) is 5.82 Å². The quantitative estimate of drug-likeness (QED) is 0.481. The summed E-state index contributed by atoms with van der Waals surface area (Å²) < 4.78 is 0. The van der Waals surface area contributed by atoms with Crippen LogP contribution in [0.5, 0.6) is 0 Å². The van der Waals surface area contributed by atoms with Gasteiger partial charge in [-0.05, 0) is 69.9 Å². The van der Waals surface area contributed by atoms with Crippen molar-refractivity contribution in [1.82, 2.24) is 20.5 Å². The Bertz CT molecular complexity index is 785. The zero-order valence-electron chi connectivity index (χ0n) is 21.6. The van der Waals surface area contributed by atoms with Crippen LogP contribution in [0.25, 0.3) is 0 Å². The minimum absolute atomic E-state index is 0.0762. The molecular formula is C27H45N5O2. The largest absolute Gasteiger partial charge is 0.384 e. The summed E-state index contributed by atoms with van der Waals surface area (Å²) in [5, 5.41) is 6.15. The van der Waals surface area contributed by atoms with E-state index in [0.717, 1.165) is 24.3 Å². The van der Waals surface area contributed by atoms with Crippen molar-refractivity contribution in [3.63, 3.8) is 0 Å². The highest BCUT2D eigenvalue weighted by molar-refractivity contribution is 5.88. The molecule has 1 aromatic heterocycles. The van der Waals surface area contributed by atoms with E-state index in [2.05, 4.69) is 48.2 Å². The Balaban J connectivity index is 1.68. The minimum Gasteiger partial charge on any atom is -0.384 e. The molecule has 4 atom stereocenters. The van der Waals surface area contributed by atoms with Gasteiger partial charge in [-0.25, -0.2) is 4.98 Å². The first kappa shape index (κ1) is 26.5. The van der Waals surface area contributed by atoms with Crippen LogP contribution in [0.3, 0.4) is 0 Å². The number of nitrogen functional groups attached to an aromatic ring is 1. The molecule has 2 aliphatic carbocycles. The molecule has 1 aromatic rings. The van der Waals surface area contributed by atoms with Gasteiger partial charge in [0.25, 0.3) is 0 Å². The number of carbonyl (C=O) groups is 2. The van der Waals surface area contributed by atoms with Crippen molar-refractivity contribution < 1.29 is 9.59 Å². The predicted molar refractivity (Wildman–Crippen MR) is 137 cm³/mol. The molecule has 4 N–H and O–H groups in total. The zero-order chi connectivity index (χ0) is 24.7.